The number of carbonyl (C=O) groups is 1. The number of amides is 1. The van der Waals surface area contributed by atoms with E-state index in [4.69, 9.17) is 11.6 Å². The van der Waals surface area contributed by atoms with Crippen LogP contribution in [0.4, 0.5) is 5.69 Å². The van der Waals surface area contributed by atoms with Crippen molar-refractivity contribution < 1.29 is 4.79 Å². The zero-order chi connectivity index (χ0) is 16.9. The average Bonchev–Trinajstić information content (AvgIpc) is 3.15. The maximum atomic E-state index is 12.3. The van der Waals surface area contributed by atoms with Crippen molar-refractivity contribution in [3.8, 4) is 0 Å². The van der Waals surface area contributed by atoms with E-state index in [1.165, 1.54) is 36.5 Å². The van der Waals surface area contributed by atoms with Crippen LogP contribution in [-0.4, -0.2) is 35.2 Å². The van der Waals surface area contributed by atoms with Gasteiger partial charge < -0.3 is 10.2 Å². The molecule has 1 aliphatic heterocycles. The van der Waals surface area contributed by atoms with Gasteiger partial charge >= 0.3 is 0 Å². The Balaban J connectivity index is 1.61. The van der Waals surface area contributed by atoms with E-state index in [-0.39, 0.29) is 16.6 Å². The summed E-state index contributed by atoms with van der Waals surface area (Å²) in [5.74, 6) is -0.290. The Morgan fingerprint density at radius 3 is 2.67 bits per heavy atom. The molecule has 1 amide bonds. The number of hydrogen-bond donors (Lipinski definition) is 1. The molecule has 0 aliphatic carbocycles. The van der Waals surface area contributed by atoms with Crippen molar-refractivity contribution >= 4 is 35.0 Å². The van der Waals surface area contributed by atoms with E-state index in [0.29, 0.717) is 11.7 Å². The molecule has 126 valence electrons. The number of aromatic nitrogens is 2. The molecule has 0 atom stereocenters. The lowest BCUT2D eigenvalue weighted by atomic mass is 10.2. The maximum Gasteiger partial charge on any atom is 0.271 e. The summed E-state index contributed by atoms with van der Waals surface area (Å²) < 4.78 is 0. The molecule has 5 nitrogen and oxygen atoms in total. The zero-order valence-corrected chi connectivity index (χ0v) is 15.0. The summed E-state index contributed by atoms with van der Waals surface area (Å²) in [6.45, 7) is 2.69. The van der Waals surface area contributed by atoms with Crippen LogP contribution in [0.25, 0.3) is 0 Å². The normalized spacial score (nSPS) is 14.0. The van der Waals surface area contributed by atoms with Crippen LogP contribution >= 0.6 is 23.4 Å². The van der Waals surface area contributed by atoms with Crippen molar-refractivity contribution in [2.45, 2.75) is 24.5 Å². The van der Waals surface area contributed by atoms with Gasteiger partial charge in [0.25, 0.3) is 5.91 Å². The predicted octanol–water partition coefficient (Wildman–Crippen LogP) is 3.38. The van der Waals surface area contributed by atoms with Crippen molar-refractivity contribution in [1.29, 1.82) is 0 Å². The maximum absolute atomic E-state index is 12.3. The van der Waals surface area contributed by atoms with Crippen molar-refractivity contribution in [2.75, 3.05) is 24.2 Å². The first-order chi connectivity index (χ1) is 11.7. The number of thioether (sulfide) groups is 1. The monoisotopic (exact) mass is 362 g/mol. The van der Waals surface area contributed by atoms with Crippen LogP contribution in [0.2, 0.25) is 5.02 Å². The summed E-state index contributed by atoms with van der Waals surface area (Å²) in [6, 6.07) is 8.30. The summed E-state index contributed by atoms with van der Waals surface area (Å²) in [6.07, 6.45) is 5.83. The summed E-state index contributed by atoms with van der Waals surface area (Å²) in [5, 5.41) is 3.65. The highest BCUT2D eigenvalue weighted by Crippen LogP contribution is 2.20. The van der Waals surface area contributed by atoms with Crippen molar-refractivity contribution in [3.05, 3.63) is 46.7 Å². The molecule has 0 unspecified atom stereocenters. The van der Waals surface area contributed by atoms with Gasteiger partial charge in [-0.25, -0.2) is 9.97 Å². The number of hydrogen-bond acceptors (Lipinski definition) is 5. The summed E-state index contributed by atoms with van der Waals surface area (Å²) in [7, 11) is 0. The van der Waals surface area contributed by atoms with Gasteiger partial charge in [0.15, 0.2) is 10.9 Å². The SMILES string of the molecule is CSc1ncc(Cl)c(C(=O)NCc2ccc(N3CCCC3)cc2)n1. The Hall–Kier alpha value is -1.79. The third kappa shape index (κ3) is 3.99. The molecule has 1 N–H and O–H groups in total. The third-order valence-corrected chi connectivity index (χ3v) is 4.82. The number of nitrogens with zero attached hydrogens (tertiary/aromatic N) is 3. The van der Waals surface area contributed by atoms with E-state index in [0.717, 1.165) is 18.7 Å². The Kier molecular flexibility index (Phi) is 5.58. The molecule has 24 heavy (non-hydrogen) atoms. The van der Waals surface area contributed by atoms with Gasteiger partial charge in [-0.15, -0.1) is 0 Å². The van der Waals surface area contributed by atoms with Gasteiger partial charge in [0.2, 0.25) is 0 Å². The third-order valence-electron chi connectivity index (χ3n) is 3.98. The minimum atomic E-state index is -0.290. The molecule has 3 rings (SSSR count). The van der Waals surface area contributed by atoms with Gasteiger partial charge in [0.05, 0.1) is 11.2 Å². The number of rotatable bonds is 5. The summed E-state index contributed by atoms with van der Waals surface area (Å²) >= 11 is 7.39. The molecular weight excluding hydrogens is 344 g/mol. The molecular formula is C17H19ClN4OS. The minimum absolute atomic E-state index is 0.213. The molecule has 0 radical (unpaired) electrons. The Morgan fingerprint density at radius 2 is 2.00 bits per heavy atom. The lowest BCUT2D eigenvalue weighted by molar-refractivity contribution is 0.0945. The Morgan fingerprint density at radius 1 is 1.29 bits per heavy atom. The second kappa shape index (κ2) is 7.85. The first-order valence-corrected chi connectivity index (χ1v) is 9.46. The molecule has 0 saturated carbocycles. The van der Waals surface area contributed by atoms with Crippen LogP contribution in [0.1, 0.15) is 28.9 Å². The van der Waals surface area contributed by atoms with E-state index < -0.39 is 0 Å². The highest BCUT2D eigenvalue weighted by molar-refractivity contribution is 7.98. The fraction of sp³-hybridized carbons (Fsp3) is 0.353. The Bertz CT molecular complexity index is 717. The average molecular weight is 363 g/mol. The second-order valence-electron chi connectivity index (χ2n) is 5.60. The molecule has 1 aliphatic rings. The molecule has 1 fully saturated rings. The summed E-state index contributed by atoms with van der Waals surface area (Å²) in [5.41, 5.74) is 2.50. The Labute approximate surface area is 150 Å². The van der Waals surface area contributed by atoms with Gasteiger partial charge in [0, 0.05) is 25.3 Å². The largest absolute Gasteiger partial charge is 0.372 e. The number of anilines is 1. The van der Waals surface area contributed by atoms with E-state index in [2.05, 4.69) is 32.3 Å². The highest BCUT2D eigenvalue weighted by Gasteiger charge is 2.14. The zero-order valence-electron chi connectivity index (χ0n) is 13.5. The van der Waals surface area contributed by atoms with Gasteiger partial charge in [-0.1, -0.05) is 35.5 Å². The van der Waals surface area contributed by atoms with Crippen LogP contribution in [0.3, 0.4) is 0 Å². The number of benzene rings is 1. The highest BCUT2D eigenvalue weighted by atomic mass is 35.5. The van der Waals surface area contributed by atoms with Crippen LogP contribution in [0.5, 0.6) is 0 Å². The van der Waals surface area contributed by atoms with Gasteiger partial charge in [-0.2, -0.15) is 0 Å². The van der Waals surface area contributed by atoms with E-state index >= 15 is 0 Å². The summed E-state index contributed by atoms with van der Waals surface area (Å²) in [4.78, 5) is 22.9. The molecule has 7 heteroatoms. The second-order valence-corrected chi connectivity index (χ2v) is 6.78. The van der Waals surface area contributed by atoms with E-state index in [1.54, 1.807) is 0 Å². The van der Waals surface area contributed by atoms with Crippen molar-refractivity contribution in [3.63, 3.8) is 0 Å². The first-order valence-electron chi connectivity index (χ1n) is 7.86. The van der Waals surface area contributed by atoms with Gasteiger partial charge in [0.1, 0.15) is 0 Å². The van der Waals surface area contributed by atoms with Crippen LogP contribution in [0.15, 0.2) is 35.6 Å². The fourth-order valence-electron chi connectivity index (χ4n) is 2.67. The molecule has 2 heterocycles. The van der Waals surface area contributed by atoms with Gasteiger partial charge in [-0.05, 0) is 36.8 Å². The molecule has 1 aromatic heterocycles. The smallest absolute Gasteiger partial charge is 0.271 e. The number of halogens is 1. The quantitative estimate of drug-likeness (QED) is 0.652. The molecule has 0 bridgehead atoms. The number of carbonyl (C=O) groups excluding carboxylic acids is 1. The standard InChI is InChI=1S/C17H19ClN4OS/c1-24-17-20-11-14(18)15(21-17)16(23)19-10-12-4-6-13(7-5-12)22-8-2-3-9-22/h4-7,11H,2-3,8-10H2,1H3,(H,19,23). The van der Waals surface area contributed by atoms with Crippen LogP contribution in [-0.2, 0) is 6.54 Å². The van der Waals surface area contributed by atoms with Gasteiger partial charge in [-0.3, -0.25) is 4.79 Å². The minimum Gasteiger partial charge on any atom is -0.372 e. The van der Waals surface area contributed by atoms with E-state index in [9.17, 15) is 4.79 Å². The van der Waals surface area contributed by atoms with Crippen molar-refractivity contribution in [2.24, 2.45) is 0 Å². The number of nitrogens with one attached hydrogen (secondary N) is 1. The topological polar surface area (TPSA) is 58.1 Å². The molecule has 0 spiro atoms. The van der Waals surface area contributed by atoms with Crippen LogP contribution < -0.4 is 10.2 Å². The first kappa shape index (κ1) is 17.0. The molecule has 1 saturated heterocycles. The van der Waals surface area contributed by atoms with Crippen molar-refractivity contribution in [1.82, 2.24) is 15.3 Å². The fourth-order valence-corrected chi connectivity index (χ4v) is 3.19. The molecule has 1 aromatic carbocycles. The lowest BCUT2D eigenvalue weighted by Gasteiger charge is -2.17. The van der Waals surface area contributed by atoms with E-state index in [1.807, 2.05) is 18.4 Å². The predicted molar refractivity (Wildman–Crippen MR) is 97.9 cm³/mol. The lowest BCUT2D eigenvalue weighted by Crippen LogP contribution is -2.24. The molecule has 2 aromatic rings. The van der Waals surface area contributed by atoms with Crippen LogP contribution in [0, 0.1) is 0 Å².